The molecule has 8 heteroatoms. The van der Waals surface area contributed by atoms with Crippen molar-refractivity contribution in [2.45, 2.75) is 12.5 Å². The van der Waals surface area contributed by atoms with E-state index in [-0.39, 0.29) is 11.6 Å². The fraction of sp³-hybridized carbons (Fsp3) is 0.333. The van der Waals surface area contributed by atoms with Gasteiger partial charge >= 0.3 is 5.69 Å². The Labute approximate surface area is 128 Å². The molecule has 0 spiro atoms. The second kappa shape index (κ2) is 6.47. The minimum absolute atomic E-state index is 0.239. The molecule has 2 aromatic rings. The van der Waals surface area contributed by atoms with E-state index in [9.17, 15) is 9.59 Å². The summed E-state index contributed by atoms with van der Waals surface area (Å²) in [5.74, 6) is 0.594. The molecule has 5 N–H and O–H groups in total. The molecule has 0 radical (unpaired) electrons. The first-order valence-electron chi connectivity index (χ1n) is 5.98. The molecule has 0 aliphatic carbocycles. The van der Waals surface area contributed by atoms with E-state index in [1.54, 1.807) is 23.9 Å². The van der Waals surface area contributed by atoms with Crippen molar-refractivity contribution in [2.75, 3.05) is 17.3 Å². The predicted molar refractivity (Wildman–Crippen MR) is 86.2 cm³/mol. The SMILES string of the molecule is CSCC[C@H](N)C(=O)Nc1cc2[nH]c(=O)[nH]c2cc1Br. The number of amides is 1. The Hall–Kier alpha value is -1.25. The summed E-state index contributed by atoms with van der Waals surface area (Å²) in [5.41, 5.74) is 7.41. The number of hydrogen-bond acceptors (Lipinski definition) is 4. The number of H-pyrrole nitrogens is 2. The van der Waals surface area contributed by atoms with Gasteiger partial charge in [-0.3, -0.25) is 4.79 Å². The number of imidazole rings is 1. The molecular weight excluding hydrogens is 344 g/mol. The van der Waals surface area contributed by atoms with Gasteiger partial charge in [-0.2, -0.15) is 11.8 Å². The molecule has 1 heterocycles. The quantitative estimate of drug-likeness (QED) is 0.652. The van der Waals surface area contributed by atoms with Gasteiger partial charge in [0.15, 0.2) is 0 Å². The first-order valence-corrected chi connectivity index (χ1v) is 8.17. The van der Waals surface area contributed by atoms with Crippen molar-refractivity contribution >= 4 is 50.3 Å². The number of benzene rings is 1. The van der Waals surface area contributed by atoms with Crippen LogP contribution in [0.15, 0.2) is 21.4 Å². The summed E-state index contributed by atoms with van der Waals surface area (Å²) in [4.78, 5) is 28.5. The minimum Gasteiger partial charge on any atom is -0.324 e. The van der Waals surface area contributed by atoms with E-state index in [1.165, 1.54) is 0 Å². The lowest BCUT2D eigenvalue weighted by molar-refractivity contribution is -0.117. The summed E-state index contributed by atoms with van der Waals surface area (Å²) in [5, 5.41) is 2.76. The molecule has 1 amide bonds. The normalized spacial score (nSPS) is 12.6. The zero-order valence-corrected chi connectivity index (χ0v) is 13.2. The van der Waals surface area contributed by atoms with Gasteiger partial charge in [0.1, 0.15) is 0 Å². The van der Waals surface area contributed by atoms with Gasteiger partial charge in [0, 0.05) is 4.47 Å². The van der Waals surface area contributed by atoms with Crippen LogP contribution in [0, 0.1) is 0 Å². The number of nitrogens with one attached hydrogen (secondary N) is 3. The number of thioether (sulfide) groups is 1. The topological polar surface area (TPSA) is 104 Å². The third-order valence-corrected chi connectivity index (χ3v) is 4.13. The molecule has 0 fully saturated rings. The van der Waals surface area contributed by atoms with Gasteiger partial charge in [-0.25, -0.2) is 4.79 Å². The van der Waals surface area contributed by atoms with Crippen LogP contribution >= 0.6 is 27.7 Å². The van der Waals surface area contributed by atoms with Crippen LogP contribution in [-0.4, -0.2) is 33.9 Å². The van der Waals surface area contributed by atoms with E-state index in [1.807, 2.05) is 6.26 Å². The van der Waals surface area contributed by atoms with E-state index in [2.05, 4.69) is 31.2 Å². The number of carbonyl (C=O) groups is 1. The van der Waals surface area contributed by atoms with Crippen LogP contribution in [0.4, 0.5) is 5.69 Å². The van der Waals surface area contributed by atoms with Gasteiger partial charge < -0.3 is 21.0 Å². The Balaban J connectivity index is 2.18. The van der Waals surface area contributed by atoms with Crippen LogP contribution in [0.5, 0.6) is 0 Å². The van der Waals surface area contributed by atoms with E-state index < -0.39 is 6.04 Å². The number of halogens is 1. The van der Waals surface area contributed by atoms with Gasteiger partial charge in [-0.05, 0) is 46.5 Å². The van der Waals surface area contributed by atoms with Crippen LogP contribution in [0.1, 0.15) is 6.42 Å². The fourth-order valence-corrected chi connectivity index (χ4v) is 2.69. The molecule has 1 aromatic carbocycles. The van der Waals surface area contributed by atoms with Gasteiger partial charge in [-0.15, -0.1) is 0 Å². The molecule has 2 rings (SSSR count). The molecule has 1 aromatic heterocycles. The number of aromatic amines is 2. The number of anilines is 1. The number of carbonyl (C=O) groups excluding carboxylic acids is 1. The number of rotatable bonds is 5. The molecule has 1 atom stereocenters. The molecule has 0 aliphatic heterocycles. The lowest BCUT2D eigenvalue weighted by atomic mass is 10.2. The molecule has 6 nitrogen and oxygen atoms in total. The van der Waals surface area contributed by atoms with E-state index in [0.717, 1.165) is 5.75 Å². The lowest BCUT2D eigenvalue weighted by Gasteiger charge is -2.12. The number of hydrogen-bond donors (Lipinski definition) is 4. The van der Waals surface area contributed by atoms with E-state index >= 15 is 0 Å². The smallest absolute Gasteiger partial charge is 0.323 e. The van der Waals surface area contributed by atoms with E-state index in [0.29, 0.717) is 27.6 Å². The highest BCUT2D eigenvalue weighted by atomic mass is 79.9. The zero-order chi connectivity index (χ0) is 14.7. The Morgan fingerprint density at radius 3 is 2.75 bits per heavy atom. The highest BCUT2D eigenvalue weighted by molar-refractivity contribution is 9.10. The summed E-state index contributed by atoms with van der Waals surface area (Å²) in [6.45, 7) is 0. The predicted octanol–water partition coefficient (Wildman–Crippen LogP) is 1.64. The standard InChI is InChI=1S/C12H15BrN4O2S/c1-20-3-2-7(14)11(18)15-8-5-10-9(4-6(8)13)16-12(19)17-10/h4-5,7H,2-3,14H2,1H3,(H,15,18)(H2,16,17,19)/t7-/m0/s1. The van der Waals surface area contributed by atoms with Gasteiger partial charge in [-0.1, -0.05) is 0 Å². The Morgan fingerprint density at radius 1 is 1.45 bits per heavy atom. The summed E-state index contributed by atoms with van der Waals surface area (Å²) >= 11 is 5.01. The van der Waals surface area contributed by atoms with Crippen molar-refractivity contribution in [3.05, 3.63) is 27.1 Å². The molecule has 0 saturated heterocycles. The second-order valence-corrected chi connectivity index (χ2v) is 6.17. The van der Waals surface area contributed by atoms with Crippen LogP contribution in [0.25, 0.3) is 11.0 Å². The van der Waals surface area contributed by atoms with Crippen molar-refractivity contribution in [2.24, 2.45) is 5.73 Å². The maximum absolute atomic E-state index is 12.0. The Morgan fingerprint density at radius 2 is 2.10 bits per heavy atom. The second-order valence-electron chi connectivity index (χ2n) is 4.33. The van der Waals surface area contributed by atoms with Crippen molar-refractivity contribution < 1.29 is 4.79 Å². The third kappa shape index (κ3) is 3.44. The Kier molecular flexibility index (Phi) is 4.90. The molecule has 0 bridgehead atoms. The highest BCUT2D eigenvalue weighted by Gasteiger charge is 2.15. The van der Waals surface area contributed by atoms with Crippen molar-refractivity contribution in [3.8, 4) is 0 Å². The minimum atomic E-state index is -0.546. The molecule has 20 heavy (non-hydrogen) atoms. The van der Waals surface area contributed by atoms with Crippen LogP contribution in [0.2, 0.25) is 0 Å². The average Bonchev–Trinajstić information content (AvgIpc) is 2.75. The van der Waals surface area contributed by atoms with Crippen LogP contribution in [0.3, 0.4) is 0 Å². The lowest BCUT2D eigenvalue weighted by Crippen LogP contribution is -2.36. The monoisotopic (exact) mass is 358 g/mol. The summed E-state index contributed by atoms with van der Waals surface area (Å²) in [6.07, 6.45) is 2.59. The van der Waals surface area contributed by atoms with Gasteiger partial charge in [0.05, 0.1) is 22.8 Å². The number of fused-ring (bicyclic) bond motifs is 1. The summed E-state index contributed by atoms with van der Waals surface area (Å²) in [7, 11) is 0. The largest absolute Gasteiger partial charge is 0.324 e. The van der Waals surface area contributed by atoms with Crippen molar-refractivity contribution in [3.63, 3.8) is 0 Å². The number of aromatic nitrogens is 2. The van der Waals surface area contributed by atoms with Crippen LogP contribution < -0.4 is 16.7 Å². The van der Waals surface area contributed by atoms with Crippen molar-refractivity contribution in [1.29, 1.82) is 0 Å². The van der Waals surface area contributed by atoms with Crippen molar-refractivity contribution in [1.82, 2.24) is 9.97 Å². The maximum Gasteiger partial charge on any atom is 0.323 e. The molecule has 108 valence electrons. The molecule has 0 saturated carbocycles. The summed E-state index contributed by atoms with van der Waals surface area (Å²) < 4.78 is 0.686. The van der Waals surface area contributed by atoms with Gasteiger partial charge in [0.25, 0.3) is 0 Å². The molecule has 0 unspecified atom stereocenters. The summed E-state index contributed by atoms with van der Waals surface area (Å²) in [6, 6.07) is 2.88. The first-order chi connectivity index (χ1) is 9.51. The Bertz CT molecular complexity index is 682. The van der Waals surface area contributed by atoms with E-state index in [4.69, 9.17) is 5.73 Å². The zero-order valence-electron chi connectivity index (χ0n) is 10.8. The van der Waals surface area contributed by atoms with Crippen LogP contribution in [-0.2, 0) is 4.79 Å². The van der Waals surface area contributed by atoms with Gasteiger partial charge in [0.2, 0.25) is 5.91 Å². The average molecular weight is 359 g/mol. The molecular formula is C12H15BrN4O2S. The maximum atomic E-state index is 12.0. The first kappa shape index (κ1) is 15.1. The third-order valence-electron chi connectivity index (χ3n) is 2.83. The molecule has 0 aliphatic rings. The highest BCUT2D eigenvalue weighted by Crippen LogP contribution is 2.26. The number of nitrogens with two attached hydrogens (primary N) is 1. The fourth-order valence-electron chi connectivity index (χ4n) is 1.75.